The Bertz CT molecular complexity index is 471. The van der Waals surface area contributed by atoms with Gasteiger partial charge in [0.15, 0.2) is 0 Å². The van der Waals surface area contributed by atoms with Crippen LogP contribution in [0.5, 0.6) is 0 Å². The zero-order valence-electron chi connectivity index (χ0n) is 11.1. The first-order valence-electron chi connectivity index (χ1n) is 6.11. The molecule has 0 aliphatic heterocycles. The highest BCUT2D eigenvalue weighted by Gasteiger charge is 2.24. The average Bonchev–Trinajstić information content (AvgIpc) is 2.37. The first-order valence-corrected chi connectivity index (χ1v) is 6.65. The lowest BCUT2D eigenvalue weighted by Gasteiger charge is -2.21. The zero-order chi connectivity index (χ0) is 14.4. The van der Waals surface area contributed by atoms with Crippen LogP contribution in [0.3, 0.4) is 0 Å². The van der Waals surface area contributed by atoms with Crippen LogP contribution in [-0.2, 0) is 0 Å². The maximum atomic E-state index is 12.4. The Kier molecular flexibility index (Phi) is 5.76. The van der Waals surface area contributed by atoms with Crippen LogP contribution in [0.1, 0.15) is 29.3 Å². The molecule has 104 valence electrons. The van der Waals surface area contributed by atoms with Gasteiger partial charge in [-0.1, -0.05) is 13.0 Å². The monoisotopic (exact) mass is 284 g/mol. The molecule has 0 fully saturated rings. The molecule has 1 rings (SSSR count). The highest BCUT2D eigenvalue weighted by Crippen LogP contribution is 2.21. The van der Waals surface area contributed by atoms with Gasteiger partial charge in [-0.05, 0) is 25.0 Å². The van der Waals surface area contributed by atoms with Crippen molar-refractivity contribution in [2.45, 2.75) is 20.3 Å². The van der Waals surface area contributed by atoms with Gasteiger partial charge < -0.3 is 4.90 Å². The van der Waals surface area contributed by atoms with Gasteiger partial charge in [-0.25, -0.2) is 0 Å². The van der Waals surface area contributed by atoms with Crippen LogP contribution in [0, 0.1) is 17.0 Å². The van der Waals surface area contributed by atoms with Crippen molar-refractivity contribution in [2.24, 2.45) is 0 Å². The lowest BCUT2D eigenvalue weighted by atomic mass is 10.1. The van der Waals surface area contributed by atoms with Gasteiger partial charge in [0.05, 0.1) is 4.92 Å². The summed E-state index contributed by atoms with van der Waals surface area (Å²) in [4.78, 5) is 24.4. The molecule has 0 unspecified atom stereocenters. The second-order valence-corrected chi connectivity index (χ2v) is 4.64. The van der Waals surface area contributed by atoms with Crippen molar-refractivity contribution in [3.8, 4) is 0 Å². The molecule has 1 aromatic rings. The molecular weight excluding hydrogens is 268 g/mol. The summed E-state index contributed by atoms with van der Waals surface area (Å²) in [5, 5.41) is 11.0. The molecule has 0 aliphatic rings. The van der Waals surface area contributed by atoms with Crippen LogP contribution in [0.2, 0.25) is 0 Å². The first-order chi connectivity index (χ1) is 9.01. The molecule has 0 aromatic heterocycles. The minimum absolute atomic E-state index is 0.128. The number of hydrogen-bond acceptors (Lipinski definition) is 3. The molecule has 1 aromatic carbocycles. The number of benzene rings is 1. The van der Waals surface area contributed by atoms with Gasteiger partial charge in [0.2, 0.25) is 0 Å². The molecule has 6 heteroatoms. The molecule has 0 bridgehead atoms. The average molecular weight is 285 g/mol. The predicted molar refractivity (Wildman–Crippen MR) is 74.7 cm³/mol. The standard InChI is InChI=1S/C13H17ClN2O3/c1-3-7-15(8-6-14)13(17)11-9-10(2)4-5-12(11)16(18)19/h4-5,9H,3,6-8H2,1-2H3. The summed E-state index contributed by atoms with van der Waals surface area (Å²) in [5.74, 6) is -0.0244. The van der Waals surface area contributed by atoms with E-state index in [-0.39, 0.29) is 17.2 Å². The van der Waals surface area contributed by atoms with Crippen LogP contribution in [0.15, 0.2) is 18.2 Å². The van der Waals surface area contributed by atoms with Gasteiger partial charge >= 0.3 is 0 Å². The quantitative estimate of drug-likeness (QED) is 0.458. The SMILES string of the molecule is CCCN(CCCl)C(=O)c1cc(C)ccc1[N+](=O)[O-]. The van der Waals surface area contributed by atoms with Gasteiger partial charge in [-0.2, -0.15) is 0 Å². The van der Waals surface area contributed by atoms with Crippen molar-refractivity contribution < 1.29 is 9.72 Å². The fraction of sp³-hybridized carbons (Fsp3) is 0.462. The minimum atomic E-state index is -0.530. The Morgan fingerprint density at radius 2 is 2.11 bits per heavy atom. The lowest BCUT2D eigenvalue weighted by Crippen LogP contribution is -2.33. The van der Waals surface area contributed by atoms with Crippen LogP contribution in [-0.4, -0.2) is 34.7 Å². The van der Waals surface area contributed by atoms with Gasteiger partial charge in [0, 0.05) is 25.0 Å². The summed E-state index contributed by atoms with van der Waals surface area (Å²) in [6.07, 6.45) is 0.780. The number of alkyl halides is 1. The van der Waals surface area contributed by atoms with E-state index in [9.17, 15) is 14.9 Å². The van der Waals surface area contributed by atoms with Crippen LogP contribution >= 0.6 is 11.6 Å². The summed E-state index contributed by atoms with van der Waals surface area (Å²) in [7, 11) is 0. The van der Waals surface area contributed by atoms with E-state index < -0.39 is 4.92 Å². The van der Waals surface area contributed by atoms with E-state index in [1.54, 1.807) is 24.0 Å². The summed E-state index contributed by atoms with van der Waals surface area (Å²) in [6.45, 7) is 4.67. The van der Waals surface area contributed by atoms with E-state index in [0.717, 1.165) is 12.0 Å². The number of halogens is 1. The highest BCUT2D eigenvalue weighted by molar-refractivity contribution is 6.18. The van der Waals surface area contributed by atoms with Gasteiger partial charge in [-0.3, -0.25) is 14.9 Å². The van der Waals surface area contributed by atoms with Crippen molar-refractivity contribution in [2.75, 3.05) is 19.0 Å². The van der Waals surface area contributed by atoms with Crippen molar-refractivity contribution in [1.29, 1.82) is 0 Å². The van der Waals surface area contributed by atoms with E-state index in [0.29, 0.717) is 19.0 Å². The Labute approximate surface area is 117 Å². The third kappa shape index (κ3) is 3.92. The summed E-state index contributed by atoms with van der Waals surface area (Å²) >= 11 is 5.67. The van der Waals surface area contributed by atoms with E-state index in [1.807, 2.05) is 6.92 Å². The number of amides is 1. The molecule has 0 heterocycles. The van der Waals surface area contributed by atoms with E-state index in [2.05, 4.69) is 0 Å². The zero-order valence-corrected chi connectivity index (χ0v) is 11.8. The normalized spacial score (nSPS) is 10.3. The number of nitrogens with zero attached hydrogens (tertiary/aromatic N) is 2. The van der Waals surface area contributed by atoms with Crippen molar-refractivity contribution in [1.82, 2.24) is 4.90 Å². The fourth-order valence-electron chi connectivity index (χ4n) is 1.84. The molecule has 0 spiro atoms. The highest BCUT2D eigenvalue weighted by atomic mass is 35.5. The van der Waals surface area contributed by atoms with Crippen molar-refractivity contribution >= 4 is 23.2 Å². The number of nitro groups is 1. The Balaban J connectivity index is 3.15. The molecule has 0 saturated carbocycles. The number of aryl methyl sites for hydroxylation is 1. The van der Waals surface area contributed by atoms with Crippen LogP contribution in [0.25, 0.3) is 0 Å². The van der Waals surface area contributed by atoms with Gasteiger partial charge in [-0.15, -0.1) is 11.6 Å². The fourth-order valence-corrected chi connectivity index (χ4v) is 2.04. The second-order valence-electron chi connectivity index (χ2n) is 4.26. The third-order valence-corrected chi connectivity index (χ3v) is 2.88. The number of carbonyl (C=O) groups is 1. The summed E-state index contributed by atoms with van der Waals surface area (Å²) in [6, 6.07) is 4.55. The van der Waals surface area contributed by atoms with E-state index >= 15 is 0 Å². The number of nitro benzene ring substituents is 1. The van der Waals surface area contributed by atoms with E-state index in [4.69, 9.17) is 11.6 Å². The summed E-state index contributed by atoms with van der Waals surface area (Å²) in [5.41, 5.74) is 0.783. The molecule has 0 radical (unpaired) electrons. The van der Waals surface area contributed by atoms with Crippen LogP contribution in [0.4, 0.5) is 5.69 Å². The molecule has 0 N–H and O–H groups in total. The maximum absolute atomic E-state index is 12.4. The van der Waals surface area contributed by atoms with Crippen molar-refractivity contribution in [3.05, 3.63) is 39.4 Å². The van der Waals surface area contributed by atoms with E-state index in [1.165, 1.54) is 6.07 Å². The lowest BCUT2D eigenvalue weighted by molar-refractivity contribution is -0.385. The van der Waals surface area contributed by atoms with Crippen LogP contribution < -0.4 is 0 Å². The van der Waals surface area contributed by atoms with Gasteiger partial charge in [0.1, 0.15) is 5.56 Å². The largest absolute Gasteiger partial charge is 0.337 e. The number of carbonyl (C=O) groups excluding carboxylic acids is 1. The third-order valence-electron chi connectivity index (χ3n) is 2.71. The minimum Gasteiger partial charge on any atom is -0.337 e. The van der Waals surface area contributed by atoms with Gasteiger partial charge in [0.25, 0.3) is 11.6 Å². The first kappa shape index (κ1) is 15.4. The molecule has 5 nitrogen and oxygen atoms in total. The predicted octanol–water partition coefficient (Wildman–Crippen LogP) is 2.99. The molecule has 0 atom stereocenters. The Hall–Kier alpha value is -1.62. The number of hydrogen-bond donors (Lipinski definition) is 0. The summed E-state index contributed by atoms with van der Waals surface area (Å²) < 4.78 is 0. The number of rotatable bonds is 6. The Morgan fingerprint density at radius 3 is 2.63 bits per heavy atom. The molecule has 0 aliphatic carbocycles. The smallest absolute Gasteiger partial charge is 0.282 e. The second kappa shape index (κ2) is 7.09. The molecule has 0 saturated heterocycles. The maximum Gasteiger partial charge on any atom is 0.282 e. The Morgan fingerprint density at radius 1 is 1.42 bits per heavy atom. The molecule has 19 heavy (non-hydrogen) atoms. The molecule has 1 amide bonds. The molecular formula is C13H17ClN2O3. The topological polar surface area (TPSA) is 63.5 Å². The van der Waals surface area contributed by atoms with Crippen molar-refractivity contribution in [3.63, 3.8) is 0 Å².